The van der Waals surface area contributed by atoms with Gasteiger partial charge in [0.15, 0.2) is 0 Å². The highest BCUT2D eigenvalue weighted by molar-refractivity contribution is 6.04. The van der Waals surface area contributed by atoms with Crippen molar-refractivity contribution < 1.29 is 9.59 Å². The summed E-state index contributed by atoms with van der Waals surface area (Å²) in [4.78, 5) is 24.6. The molecule has 0 saturated heterocycles. The molecule has 2 amide bonds. The molecule has 0 radical (unpaired) electrons. The van der Waals surface area contributed by atoms with Crippen LogP contribution in [0.2, 0.25) is 0 Å². The Hall–Kier alpha value is -2.37. The van der Waals surface area contributed by atoms with Crippen LogP contribution in [0.3, 0.4) is 0 Å². The van der Waals surface area contributed by atoms with Crippen LogP contribution in [0.25, 0.3) is 0 Å². The van der Waals surface area contributed by atoms with Crippen LogP contribution >= 0.6 is 12.4 Å². The second kappa shape index (κ2) is 8.34. The number of amides is 2. The van der Waals surface area contributed by atoms with Gasteiger partial charge in [0, 0.05) is 23.4 Å². The topological polar surface area (TPSA) is 84.2 Å². The van der Waals surface area contributed by atoms with Crippen molar-refractivity contribution in [3.05, 3.63) is 65.7 Å². The molecule has 0 aliphatic heterocycles. The predicted octanol–water partition coefficient (Wildman–Crippen LogP) is 3.22. The maximum absolute atomic E-state index is 12.5. The highest BCUT2D eigenvalue weighted by Crippen LogP contribution is 2.39. The molecule has 1 atom stereocenters. The fourth-order valence-corrected chi connectivity index (χ4v) is 2.87. The van der Waals surface area contributed by atoms with Gasteiger partial charge in [0.05, 0.1) is 5.54 Å². The van der Waals surface area contributed by atoms with Crippen LogP contribution in [-0.4, -0.2) is 23.9 Å². The third-order valence-corrected chi connectivity index (χ3v) is 4.74. The molecule has 138 valence electrons. The highest BCUT2D eigenvalue weighted by atomic mass is 35.5. The van der Waals surface area contributed by atoms with Gasteiger partial charge in [-0.15, -0.1) is 12.4 Å². The van der Waals surface area contributed by atoms with Gasteiger partial charge in [-0.2, -0.15) is 0 Å². The van der Waals surface area contributed by atoms with Crippen molar-refractivity contribution in [2.24, 2.45) is 11.7 Å². The predicted molar refractivity (Wildman–Crippen MR) is 106 cm³/mol. The van der Waals surface area contributed by atoms with Crippen molar-refractivity contribution in [1.29, 1.82) is 0 Å². The molecular formula is C20H24ClN3O2. The lowest BCUT2D eigenvalue weighted by Gasteiger charge is -2.29. The van der Waals surface area contributed by atoms with E-state index in [9.17, 15) is 9.59 Å². The fourth-order valence-electron chi connectivity index (χ4n) is 2.87. The van der Waals surface area contributed by atoms with E-state index in [1.54, 1.807) is 36.4 Å². The van der Waals surface area contributed by atoms with Gasteiger partial charge in [0.25, 0.3) is 11.8 Å². The number of hydrogen-bond donors (Lipinski definition) is 3. The zero-order valence-corrected chi connectivity index (χ0v) is 15.5. The molecule has 1 saturated carbocycles. The first-order chi connectivity index (χ1) is 12.0. The van der Waals surface area contributed by atoms with Gasteiger partial charge in [0.1, 0.15) is 0 Å². The quantitative estimate of drug-likeness (QED) is 0.726. The summed E-state index contributed by atoms with van der Waals surface area (Å²) < 4.78 is 0. The van der Waals surface area contributed by atoms with Crippen LogP contribution in [0.15, 0.2) is 54.6 Å². The third kappa shape index (κ3) is 4.62. The average Bonchev–Trinajstić information content (AvgIpc) is 3.48. The molecule has 0 aromatic heterocycles. The zero-order chi connectivity index (χ0) is 17.9. The summed E-state index contributed by atoms with van der Waals surface area (Å²) in [6, 6.07) is 15.9. The number of rotatable bonds is 6. The van der Waals surface area contributed by atoms with E-state index in [-0.39, 0.29) is 29.8 Å². The van der Waals surface area contributed by atoms with Gasteiger partial charge in [-0.3, -0.25) is 9.59 Å². The fraction of sp³-hybridized carbons (Fsp3) is 0.300. The molecule has 0 spiro atoms. The van der Waals surface area contributed by atoms with Crippen molar-refractivity contribution in [2.45, 2.75) is 25.3 Å². The number of benzene rings is 2. The number of carbonyl (C=O) groups is 2. The minimum atomic E-state index is -0.350. The summed E-state index contributed by atoms with van der Waals surface area (Å²) in [6.07, 6.45) is 2.22. The van der Waals surface area contributed by atoms with E-state index in [1.165, 1.54) is 0 Å². The second-order valence-corrected chi connectivity index (χ2v) is 6.75. The maximum Gasteiger partial charge on any atom is 0.255 e. The minimum Gasteiger partial charge on any atom is -0.345 e. The first kappa shape index (κ1) is 19.9. The van der Waals surface area contributed by atoms with Gasteiger partial charge >= 0.3 is 0 Å². The van der Waals surface area contributed by atoms with E-state index in [4.69, 9.17) is 5.73 Å². The lowest BCUT2D eigenvalue weighted by molar-refractivity contribution is 0.0897. The first-order valence-corrected chi connectivity index (χ1v) is 8.51. The monoisotopic (exact) mass is 373 g/mol. The molecule has 1 fully saturated rings. The number of nitrogens with two attached hydrogens (primary N) is 1. The molecule has 26 heavy (non-hydrogen) atoms. The van der Waals surface area contributed by atoms with E-state index in [2.05, 4.69) is 10.6 Å². The Kier molecular flexibility index (Phi) is 6.40. The average molecular weight is 374 g/mol. The van der Waals surface area contributed by atoms with Gasteiger partial charge in [0.2, 0.25) is 0 Å². The Bertz CT molecular complexity index is 760. The first-order valence-electron chi connectivity index (χ1n) is 8.51. The number of anilines is 1. The Balaban J connectivity index is 0.00000243. The Labute approximate surface area is 159 Å². The summed E-state index contributed by atoms with van der Waals surface area (Å²) >= 11 is 0. The van der Waals surface area contributed by atoms with Crippen molar-refractivity contribution >= 4 is 29.9 Å². The maximum atomic E-state index is 12.5. The molecule has 5 nitrogen and oxygen atoms in total. The Morgan fingerprint density at radius 3 is 2.12 bits per heavy atom. The normalized spacial score (nSPS) is 15.3. The summed E-state index contributed by atoms with van der Waals surface area (Å²) in [5.41, 5.74) is 7.29. The van der Waals surface area contributed by atoms with Gasteiger partial charge in [-0.05, 0) is 62.1 Å². The molecule has 1 aliphatic carbocycles. The molecule has 3 rings (SSSR count). The lowest BCUT2D eigenvalue weighted by Crippen LogP contribution is -2.53. The molecule has 0 heterocycles. The van der Waals surface area contributed by atoms with Crippen LogP contribution in [-0.2, 0) is 0 Å². The van der Waals surface area contributed by atoms with Crippen LogP contribution in [0.5, 0.6) is 0 Å². The Morgan fingerprint density at radius 1 is 1.00 bits per heavy atom. The number of halogens is 1. The molecule has 1 aliphatic rings. The van der Waals surface area contributed by atoms with E-state index in [1.807, 2.05) is 25.1 Å². The van der Waals surface area contributed by atoms with Crippen molar-refractivity contribution in [2.75, 3.05) is 11.9 Å². The van der Waals surface area contributed by atoms with E-state index >= 15 is 0 Å². The van der Waals surface area contributed by atoms with Crippen molar-refractivity contribution in [3.8, 4) is 0 Å². The van der Waals surface area contributed by atoms with Gasteiger partial charge in [-0.1, -0.05) is 18.2 Å². The van der Waals surface area contributed by atoms with Crippen LogP contribution < -0.4 is 16.4 Å². The van der Waals surface area contributed by atoms with Crippen LogP contribution in [0, 0.1) is 5.92 Å². The summed E-state index contributed by atoms with van der Waals surface area (Å²) in [7, 11) is 0. The molecular weight excluding hydrogens is 350 g/mol. The third-order valence-electron chi connectivity index (χ3n) is 4.74. The number of nitrogens with one attached hydrogen (secondary N) is 2. The molecule has 6 heteroatoms. The minimum absolute atomic E-state index is 0. The molecule has 0 bridgehead atoms. The molecule has 2 aromatic carbocycles. The summed E-state index contributed by atoms with van der Waals surface area (Å²) in [6.45, 7) is 2.42. The van der Waals surface area contributed by atoms with E-state index in [0.717, 1.165) is 12.8 Å². The molecule has 2 aromatic rings. The number of hydrogen-bond acceptors (Lipinski definition) is 3. The Morgan fingerprint density at radius 2 is 1.58 bits per heavy atom. The van der Waals surface area contributed by atoms with E-state index in [0.29, 0.717) is 29.3 Å². The lowest BCUT2D eigenvalue weighted by atomic mass is 9.95. The van der Waals surface area contributed by atoms with E-state index < -0.39 is 0 Å². The number of carbonyl (C=O) groups excluding carboxylic acids is 2. The van der Waals surface area contributed by atoms with Crippen molar-refractivity contribution in [1.82, 2.24) is 5.32 Å². The van der Waals surface area contributed by atoms with Crippen LogP contribution in [0.1, 0.15) is 40.5 Å². The van der Waals surface area contributed by atoms with Gasteiger partial charge in [-0.25, -0.2) is 0 Å². The standard InChI is InChI=1S/C20H23N3O2.ClH/c1-20(13-21,16-9-10-16)23-19(25)15-7-11-17(12-8-15)22-18(24)14-5-3-2-4-6-14;/h2-8,11-12,16H,9-10,13,21H2,1H3,(H,22,24)(H,23,25);1H. The smallest absolute Gasteiger partial charge is 0.255 e. The van der Waals surface area contributed by atoms with Crippen molar-refractivity contribution in [3.63, 3.8) is 0 Å². The highest BCUT2D eigenvalue weighted by Gasteiger charge is 2.41. The zero-order valence-electron chi connectivity index (χ0n) is 14.7. The summed E-state index contributed by atoms with van der Waals surface area (Å²) in [5.74, 6) is 0.147. The second-order valence-electron chi connectivity index (χ2n) is 6.75. The SMILES string of the molecule is CC(CN)(NC(=O)c1ccc(NC(=O)c2ccccc2)cc1)C1CC1.Cl. The summed E-state index contributed by atoms with van der Waals surface area (Å²) in [5, 5.41) is 5.88. The largest absolute Gasteiger partial charge is 0.345 e. The van der Waals surface area contributed by atoms with Gasteiger partial charge < -0.3 is 16.4 Å². The van der Waals surface area contributed by atoms with Crippen LogP contribution in [0.4, 0.5) is 5.69 Å². The molecule has 4 N–H and O–H groups in total. The molecule has 1 unspecified atom stereocenters.